The zero-order valence-corrected chi connectivity index (χ0v) is 13.7. The molecule has 1 aliphatic rings. The maximum absolute atomic E-state index is 6.02. The van der Waals surface area contributed by atoms with E-state index in [1.807, 2.05) is 0 Å². The molecule has 2 N–H and O–H groups in total. The van der Waals surface area contributed by atoms with Crippen molar-refractivity contribution in [2.24, 2.45) is 5.73 Å². The molecule has 1 aliphatic heterocycles. The van der Waals surface area contributed by atoms with Crippen molar-refractivity contribution >= 4 is 27.3 Å². The molecule has 0 amide bonds. The summed E-state index contributed by atoms with van der Waals surface area (Å²) in [5.74, 6) is 0. The van der Waals surface area contributed by atoms with Gasteiger partial charge in [0.1, 0.15) is 0 Å². The van der Waals surface area contributed by atoms with Crippen molar-refractivity contribution in [3.05, 3.63) is 20.8 Å². The molecule has 3 nitrogen and oxygen atoms in total. The van der Waals surface area contributed by atoms with Gasteiger partial charge in [0.2, 0.25) is 0 Å². The third-order valence-corrected chi connectivity index (χ3v) is 5.97. The van der Waals surface area contributed by atoms with Crippen LogP contribution in [0.3, 0.4) is 0 Å². The first-order valence-corrected chi connectivity index (χ1v) is 8.10. The van der Waals surface area contributed by atoms with Crippen molar-refractivity contribution in [2.75, 3.05) is 26.7 Å². The molecule has 2 heterocycles. The fraction of sp³-hybridized carbons (Fsp3) is 0.692. The van der Waals surface area contributed by atoms with Gasteiger partial charge in [-0.25, -0.2) is 0 Å². The van der Waals surface area contributed by atoms with E-state index in [-0.39, 0.29) is 0 Å². The van der Waals surface area contributed by atoms with Crippen LogP contribution >= 0.6 is 27.3 Å². The van der Waals surface area contributed by atoms with Gasteiger partial charge in [0.05, 0.1) is 6.04 Å². The standard InChI is InChI=1S/C13H22BrN3S/c1-9-7-17(8-10(2)16(9)3)12(6-15)13-11(14)4-5-18-13/h4-5,9-10,12H,6-8,15H2,1-3H3. The van der Waals surface area contributed by atoms with E-state index in [1.165, 1.54) is 9.35 Å². The summed E-state index contributed by atoms with van der Waals surface area (Å²) in [4.78, 5) is 6.35. The number of hydrogen-bond acceptors (Lipinski definition) is 4. The van der Waals surface area contributed by atoms with Crippen LogP contribution < -0.4 is 5.73 Å². The Balaban J connectivity index is 2.17. The number of halogens is 1. The minimum absolute atomic E-state index is 0.345. The van der Waals surface area contributed by atoms with Crippen LogP contribution in [0.2, 0.25) is 0 Å². The Bertz CT molecular complexity index is 383. The molecule has 0 aliphatic carbocycles. The Morgan fingerprint density at radius 1 is 1.44 bits per heavy atom. The summed E-state index contributed by atoms with van der Waals surface area (Å²) >= 11 is 5.43. The molecule has 0 aromatic carbocycles. The van der Waals surface area contributed by atoms with Crippen LogP contribution in [0.4, 0.5) is 0 Å². The van der Waals surface area contributed by atoms with Gasteiger partial charge < -0.3 is 5.73 Å². The molecule has 0 spiro atoms. The Kier molecular flexibility index (Phi) is 4.83. The Morgan fingerprint density at radius 2 is 2.06 bits per heavy atom. The quantitative estimate of drug-likeness (QED) is 0.923. The van der Waals surface area contributed by atoms with Crippen molar-refractivity contribution < 1.29 is 0 Å². The average molecular weight is 332 g/mol. The first kappa shape index (κ1) is 14.5. The Morgan fingerprint density at radius 3 is 2.50 bits per heavy atom. The summed E-state index contributed by atoms with van der Waals surface area (Å²) < 4.78 is 1.20. The molecule has 1 aromatic heterocycles. The SMILES string of the molecule is CC1CN(C(CN)c2sccc2Br)CC(C)N1C. The number of nitrogens with zero attached hydrogens (tertiary/aromatic N) is 2. The van der Waals surface area contributed by atoms with Gasteiger partial charge in [0.25, 0.3) is 0 Å². The van der Waals surface area contributed by atoms with Crippen LogP contribution in [-0.4, -0.2) is 48.6 Å². The highest BCUT2D eigenvalue weighted by Crippen LogP contribution is 2.33. The van der Waals surface area contributed by atoms with Crippen molar-refractivity contribution in [3.8, 4) is 0 Å². The minimum Gasteiger partial charge on any atom is -0.329 e. The second kappa shape index (κ2) is 6.01. The third-order valence-electron chi connectivity index (χ3n) is 4.00. The summed E-state index contributed by atoms with van der Waals surface area (Å²) in [6.07, 6.45) is 0. The molecule has 1 fully saturated rings. The lowest BCUT2D eigenvalue weighted by Crippen LogP contribution is -2.56. The lowest BCUT2D eigenvalue weighted by Gasteiger charge is -2.45. The zero-order valence-electron chi connectivity index (χ0n) is 11.3. The summed E-state index contributed by atoms with van der Waals surface area (Å²) in [6, 6.07) is 3.63. The van der Waals surface area contributed by atoms with E-state index in [1.54, 1.807) is 11.3 Å². The first-order valence-electron chi connectivity index (χ1n) is 6.43. The molecule has 0 radical (unpaired) electrons. The monoisotopic (exact) mass is 331 g/mol. The molecule has 18 heavy (non-hydrogen) atoms. The van der Waals surface area contributed by atoms with Crippen LogP contribution in [0.1, 0.15) is 24.8 Å². The van der Waals surface area contributed by atoms with Gasteiger partial charge in [-0.05, 0) is 48.3 Å². The van der Waals surface area contributed by atoms with Gasteiger partial charge in [-0.2, -0.15) is 0 Å². The van der Waals surface area contributed by atoms with Crippen molar-refractivity contribution in [1.29, 1.82) is 0 Å². The number of rotatable bonds is 3. The van der Waals surface area contributed by atoms with E-state index in [4.69, 9.17) is 5.73 Å². The summed E-state index contributed by atoms with van der Waals surface area (Å²) in [7, 11) is 2.21. The highest BCUT2D eigenvalue weighted by Gasteiger charge is 2.31. The predicted octanol–water partition coefficient (Wildman–Crippen LogP) is 2.53. The molecular formula is C13H22BrN3S. The summed E-state index contributed by atoms with van der Waals surface area (Å²) in [5.41, 5.74) is 6.02. The molecule has 102 valence electrons. The Labute approximate surface area is 122 Å². The molecule has 5 heteroatoms. The fourth-order valence-corrected chi connectivity index (χ4v) is 4.45. The smallest absolute Gasteiger partial charge is 0.0576 e. The van der Waals surface area contributed by atoms with E-state index in [2.05, 4.69) is 58.1 Å². The molecule has 0 bridgehead atoms. The fourth-order valence-electron chi connectivity index (χ4n) is 2.66. The molecule has 1 saturated heterocycles. The summed E-state index contributed by atoms with van der Waals surface area (Å²) in [5, 5.41) is 2.13. The molecule has 3 atom stereocenters. The largest absolute Gasteiger partial charge is 0.329 e. The molecule has 2 rings (SSSR count). The first-order chi connectivity index (χ1) is 8.54. The number of piperazine rings is 1. The van der Waals surface area contributed by atoms with Crippen LogP contribution in [-0.2, 0) is 0 Å². The van der Waals surface area contributed by atoms with Crippen LogP contribution in [0.5, 0.6) is 0 Å². The van der Waals surface area contributed by atoms with Gasteiger partial charge in [-0.3, -0.25) is 9.80 Å². The van der Waals surface area contributed by atoms with E-state index in [0.29, 0.717) is 24.7 Å². The van der Waals surface area contributed by atoms with Gasteiger partial charge >= 0.3 is 0 Å². The van der Waals surface area contributed by atoms with Crippen LogP contribution in [0.15, 0.2) is 15.9 Å². The highest BCUT2D eigenvalue weighted by molar-refractivity contribution is 9.10. The maximum Gasteiger partial charge on any atom is 0.0576 e. The Hall–Kier alpha value is 0.0600. The normalized spacial score (nSPS) is 28.5. The minimum atomic E-state index is 0.345. The highest BCUT2D eigenvalue weighted by atomic mass is 79.9. The molecular weight excluding hydrogens is 310 g/mol. The van der Waals surface area contributed by atoms with Crippen molar-refractivity contribution in [2.45, 2.75) is 32.0 Å². The number of likely N-dealkylation sites (N-methyl/N-ethyl adjacent to an activating group) is 1. The van der Waals surface area contributed by atoms with Gasteiger partial charge in [-0.15, -0.1) is 11.3 Å². The van der Waals surface area contributed by atoms with Crippen LogP contribution in [0.25, 0.3) is 0 Å². The average Bonchev–Trinajstić information content (AvgIpc) is 2.74. The molecule has 0 saturated carbocycles. The van der Waals surface area contributed by atoms with Gasteiger partial charge in [-0.1, -0.05) is 0 Å². The maximum atomic E-state index is 6.02. The third kappa shape index (κ3) is 2.80. The van der Waals surface area contributed by atoms with E-state index < -0.39 is 0 Å². The van der Waals surface area contributed by atoms with Crippen molar-refractivity contribution in [3.63, 3.8) is 0 Å². The van der Waals surface area contributed by atoms with Crippen LogP contribution in [0, 0.1) is 0 Å². The summed E-state index contributed by atoms with van der Waals surface area (Å²) in [6.45, 7) is 7.45. The zero-order chi connectivity index (χ0) is 13.3. The predicted molar refractivity (Wildman–Crippen MR) is 82.1 cm³/mol. The topological polar surface area (TPSA) is 32.5 Å². The lowest BCUT2D eigenvalue weighted by atomic mass is 10.1. The second-order valence-electron chi connectivity index (χ2n) is 5.20. The van der Waals surface area contributed by atoms with Gasteiger partial charge in [0.15, 0.2) is 0 Å². The van der Waals surface area contributed by atoms with E-state index in [0.717, 1.165) is 13.1 Å². The van der Waals surface area contributed by atoms with E-state index >= 15 is 0 Å². The second-order valence-corrected chi connectivity index (χ2v) is 7.00. The molecule has 1 aromatic rings. The lowest BCUT2D eigenvalue weighted by molar-refractivity contribution is 0.0359. The van der Waals surface area contributed by atoms with Crippen molar-refractivity contribution in [1.82, 2.24) is 9.80 Å². The van der Waals surface area contributed by atoms with Gasteiger partial charge in [0, 0.05) is 41.1 Å². The number of nitrogens with two attached hydrogens (primary N) is 1. The molecule has 3 unspecified atom stereocenters. The number of hydrogen-bond donors (Lipinski definition) is 1. The van der Waals surface area contributed by atoms with E-state index in [9.17, 15) is 0 Å². The number of thiophene rings is 1.